The van der Waals surface area contributed by atoms with Crippen molar-refractivity contribution < 1.29 is 13.2 Å². The molecule has 120 valence electrons. The van der Waals surface area contributed by atoms with Crippen molar-refractivity contribution in [3.05, 3.63) is 29.3 Å². The molecule has 6 heteroatoms. The minimum absolute atomic E-state index is 0.0614. The molecule has 1 heterocycles. The standard InChI is InChI=1S/C16H22N2O3S/c1-5-18(22(19,20)6-2)14-10-16(3,4)21-15-8-7-12(11-17)9-13(14)15/h7-9,14H,5-6,10H2,1-4H3. The van der Waals surface area contributed by atoms with Gasteiger partial charge in [0.15, 0.2) is 0 Å². The molecule has 22 heavy (non-hydrogen) atoms. The largest absolute Gasteiger partial charge is 0.487 e. The van der Waals surface area contributed by atoms with E-state index in [2.05, 4.69) is 6.07 Å². The fourth-order valence-corrected chi connectivity index (χ4v) is 4.22. The summed E-state index contributed by atoms with van der Waals surface area (Å²) < 4.78 is 32.3. The molecule has 0 aliphatic carbocycles. The first-order chi connectivity index (χ1) is 10.2. The number of rotatable bonds is 4. The Labute approximate surface area is 132 Å². The smallest absolute Gasteiger partial charge is 0.214 e. The van der Waals surface area contributed by atoms with Crippen LogP contribution in [0.2, 0.25) is 0 Å². The predicted molar refractivity (Wildman–Crippen MR) is 85.1 cm³/mol. The lowest BCUT2D eigenvalue weighted by Gasteiger charge is -2.41. The maximum atomic E-state index is 12.4. The maximum absolute atomic E-state index is 12.4. The lowest BCUT2D eigenvalue weighted by atomic mass is 9.89. The maximum Gasteiger partial charge on any atom is 0.214 e. The van der Waals surface area contributed by atoms with E-state index >= 15 is 0 Å². The van der Waals surface area contributed by atoms with Gasteiger partial charge < -0.3 is 4.74 Å². The molecule has 0 N–H and O–H groups in total. The van der Waals surface area contributed by atoms with Crippen molar-refractivity contribution in [2.45, 2.75) is 45.8 Å². The van der Waals surface area contributed by atoms with E-state index in [1.807, 2.05) is 20.8 Å². The third-order valence-corrected chi connectivity index (χ3v) is 5.91. The van der Waals surface area contributed by atoms with Gasteiger partial charge >= 0.3 is 0 Å². The lowest BCUT2D eigenvalue weighted by molar-refractivity contribution is 0.0511. The van der Waals surface area contributed by atoms with E-state index in [9.17, 15) is 8.42 Å². The quantitative estimate of drug-likeness (QED) is 0.854. The third kappa shape index (κ3) is 3.11. The van der Waals surface area contributed by atoms with Gasteiger partial charge in [-0.3, -0.25) is 0 Å². The first-order valence-corrected chi connectivity index (χ1v) is 9.07. The minimum atomic E-state index is -3.33. The van der Waals surface area contributed by atoms with E-state index < -0.39 is 15.6 Å². The monoisotopic (exact) mass is 322 g/mol. The van der Waals surface area contributed by atoms with Gasteiger partial charge in [-0.1, -0.05) is 6.92 Å². The molecule has 0 radical (unpaired) electrons. The minimum Gasteiger partial charge on any atom is -0.487 e. The number of nitrogens with zero attached hydrogens (tertiary/aromatic N) is 2. The Morgan fingerprint density at radius 3 is 2.64 bits per heavy atom. The van der Waals surface area contributed by atoms with Crippen LogP contribution < -0.4 is 4.74 Å². The van der Waals surface area contributed by atoms with Crippen LogP contribution in [0.4, 0.5) is 0 Å². The van der Waals surface area contributed by atoms with Crippen molar-refractivity contribution in [2.75, 3.05) is 12.3 Å². The molecule has 0 amide bonds. The van der Waals surface area contributed by atoms with Crippen LogP contribution in [-0.4, -0.2) is 30.6 Å². The van der Waals surface area contributed by atoms with Gasteiger partial charge in [0, 0.05) is 18.5 Å². The van der Waals surface area contributed by atoms with Crippen LogP contribution >= 0.6 is 0 Å². The van der Waals surface area contributed by atoms with Gasteiger partial charge in [-0.25, -0.2) is 8.42 Å². The number of ether oxygens (including phenoxy) is 1. The topological polar surface area (TPSA) is 70.4 Å². The molecule has 1 unspecified atom stereocenters. The van der Waals surface area contributed by atoms with Crippen molar-refractivity contribution in [3.63, 3.8) is 0 Å². The number of hydrogen-bond acceptors (Lipinski definition) is 4. The van der Waals surface area contributed by atoms with Crippen LogP contribution in [0.5, 0.6) is 5.75 Å². The molecule has 0 saturated carbocycles. The SMILES string of the molecule is CCN(C1CC(C)(C)Oc2ccc(C#N)cc21)S(=O)(=O)CC. The molecule has 1 aliphatic rings. The van der Waals surface area contributed by atoms with Gasteiger partial charge in [0.25, 0.3) is 0 Å². The second kappa shape index (κ2) is 5.90. The Morgan fingerprint density at radius 2 is 2.09 bits per heavy atom. The van der Waals surface area contributed by atoms with Crippen LogP contribution in [0, 0.1) is 11.3 Å². The number of hydrogen-bond donors (Lipinski definition) is 0. The summed E-state index contributed by atoms with van der Waals surface area (Å²) in [6.45, 7) is 7.78. The van der Waals surface area contributed by atoms with Gasteiger partial charge in [-0.05, 0) is 39.0 Å². The fourth-order valence-electron chi connectivity index (χ4n) is 2.92. The van der Waals surface area contributed by atoms with Crippen LogP contribution in [-0.2, 0) is 10.0 Å². The molecule has 0 spiro atoms. The van der Waals surface area contributed by atoms with Gasteiger partial charge in [0.2, 0.25) is 10.0 Å². The van der Waals surface area contributed by atoms with Crippen LogP contribution in [0.15, 0.2) is 18.2 Å². The van der Waals surface area contributed by atoms with Gasteiger partial charge in [0.05, 0.1) is 23.4 Å². The van der Waals surface area contributed by atoms with Crippen LogP contribution in [0.3, 0.4) is 0 Å². The molecule has 5 nitrogen and oxygen atoms in total. The summed E-state index contributed by atoms with van der Waals surface area (Å²) in [6.07, 6.45) is 0.557. The average Bonchev–Trinajstić information content (AvgIpc) is 2.46. The summed E-state index contributed by atoms with van der Waals surface area (Å²) in [5.74, 6) is 0.719. The fraction of sp³-hybridized carbons (Fsp3) is 0.562. The molecular weight excluding hydrogens is 300 g/mol. The van der Waals surface area contributed by atoms with Crippen molar-refractivity contribution in [1.29, 1.82) is 5.26 Å². The summed E-state index contributed by atoms with van der Waals surface area (Å²) in [5.41, 5.74) is 0.831. The summed E-state index contributed by atoms with van der Waals surface area (Å²) in [5, 5.41) is 9.11. The molecule has 0 aromatic heterocycles. The highest BCUT2D eigenvalue weighted by Crippen LogP contribution is 2.43. The second-order valence-electron chi connectivity index (χ2n) is 6.05. The Hall–Kier alpha value is -1.58. The molecule has 1 aromatic carbocycles. The number of sulfonamides is 1. The van der Waals surface area contributed by atoms with Crippen molar-refractivity contribution in [2.24, 2.45) is 0 Å². The van der Waals surface area contributed by atoms with Crippen LogP contribution in [0.1, 0.15) is 51.3 Å². The molecule has 0 saturated heterocycles. The second-order valence-corrected chi connectivity index (χ2v) is 8.26. The van der Waals surface area contributed by atoms with Crippen molar-refractivity contribution >= 4 is 10.0 Å². The Kier molecular flexibility index (Phi) is 4.50. The molecular formula is C16H22N2O3S. The molecule has 2 rings (SSSR count). The highest BCUT2D eigenvalue weighted by Gasteiger charge is 2.40. The lowest BCUT2D eigenvalue weighted by Crippen LogP contribution is -2.44. The summed E-state index contributed by atoms with van der Waals surface area (Å²) in [6, 6.07) is 6.99. The van der Waals surface area contributed by atoms with E-state index in [1.54, 1.807) is 25.1 Å². The number of benzene rings is 1. The van der Waals surface area contributed by atoms with Crippen molar-refractivity contribution in [1.82, 2.24) is 4.31 Å². The average molecular weight is 322 g/mol. The number of nitriles is 1. The Bertz CT molecular complexity index is 705. The highest BCUT2D eigenvalue weighted by atomic mass is 32.2. The first-order valence-electron chi connectivity index (χ1n) is 7.46. The molecule has 1 aromatic rings. The van der Waals surface area contributed by atoms with E-state index in [0.717, 1.165) is 5.56 Å². The highest BCUT2D eigenvalue weighted by molar-refractivity contribution is 7.89. The summed E-state index contributed by atoms with van der Waals surface area (Å²) in [7, 11) is -3.33. The molecule has 0 bridgehead atoms. The van der Waals surface area contributed by atoms with Crippen molar-refractivity contribution in [3.8, 4) is 11.8 Å². The Morgan fingerprint density at radius 1 is 1.41 bits per heavy atom. The van der Waals surface area contributed by atoms with Gasteiger partial charge in [-0.2, -0.15) is 9.57 Å². The molecule has 0 fully saturated rings. The summed E-state index contributed by atoms with van der Waals surface area (Å²) in [4.78, 5) is 0. The van der Waals surface area contributed by atoms with Gasteiger partial charge in [0.1, 0.15) is 11.4 Å². The normalized spacial score (nSPS) is 20.1. The third-order valence-electron chi connectivity index (χ3n) is 3.95. The molecule has 1 aliphatic heterocycles. The predicted octanol–water partition coefficient (Wildman–Crippen LogP) is 2.83. The summed E-state index contributed by atoms with van der Waals surface area (Å²) >= 11 is 0. The first kappa shape index (κ1) is 16.8. The van der Waals surface area contributed by atoms with E-state index in [-0.39, 0.29) is 11.8 Å². The zero-order valence-corrected chi connectivity index (χ0v) is 14.3. The number of fused-ring (bicyclic) bond motifs is 1. The zero-order chi connectivity index (χ0) is 16.5. The zero-order valence-electron chi connectivity index (χ0n) is 13.5. The van der Waals surface area contributed by atoms with E-state index in [1.165, 1.54) is 4.31 Å². The van der Waals surface area contributed by atoms with E-state index in [4.69, 9.17) is 10.00 Å². The Balaban J connectivity index is 2.58. The molecule has 1 atom stereocenters. The van der Waals surface area contributed by atoms with E-state index in [0.29, 0.717) is 24.3 Å². The van der Waals surface area contributed by atoms with Gasteiger partial charge in [-0.15, -0.1) is 0 Å². The van der Waals surface area contributed by atoms with Crippen LogP contribution in [0.25, 0.3) is 0 Å².